The Morgan fingerprint density at radius 2 is 1.96 bits per heavy atom. The molecule has 2 aliphatic heterocycles. The molecule has 0 radical (unpaired) electrons. The van der Waals surface area contributed by atoms with Gasteiger partial charge in [0, 0.05) is 30.8 Å². The summed E-state index contributed by atoms with van der Waals surface area (Å²) in [6, 6.07) is 16.7. The van der Waals surface area contributed by atoms with Gasteiger partial charge in [0.2, 0.25) is 5.91 Å². The first-order valence-corrected chi connectivity index (χ1v) is 10.5. The predicted octanol–water partition coefficient (Wildman–Crippen LogP) is 3.95. The number of nitrogens with one attached hydrogen (secondary N) is 1. The van der Waals surface area contributed by atoms with Crippen LogP contribution in [0.2, 0.25) is 0 Å². The standard InChI is InChI=1S/C24H30N2O2/c27-22(21-10-4-9-20-11-12-23(28)25-24(20)21)13-15-26-14-5-8-19(17-26)16-18-6-2-1-3-7-18/h1-4,6-7,9-10,19,22,27H,5,8,11-17H2,(H,25,28)/t19-,22?/m0/s1. The van der Waals surface area contributed by atoms with Crippen LogP contribution in [0.5, 0.6) is 0 Å². The molecular weight excluding hydrogens is 348 g/mol. The fourth-order valence-corrected chi connectivity index (χ4v) is 4.64. The normalized spacial score (nSPS) is 21.0. The van der Waals surface area contributed by atoms with Gasteiger partial charge in [-0.25, -0.2) is 0 Å². The van der Waals surface area contributed by atoms with Gasteiger partial charge in [-0.1, -0.05) is 48.5 Å². The number of carbonyl (C=O) groups excluding carboxylic acids is 1. The third-order valence-electron chi connectivity index (χ3n) is 6.12. The molecule has 0 aliphatic carbocycles. The summed E-state index contributed by atoms with van der Waals surface area (Å²) in [5.74, 6) is 0.740. The smallest absolute Gasteiger partial charge is 0.224 e. The highest BCUT2D eigenvalue weighted by atomic mass is 16.3. The van der Waals surface area contributed by atoms with Gasteiger partial charge in [-0.3, -0.25) is 4.79 Å². The van der Waals surface area contributed by atoms with E-state index in [9.17, 15) is 9.90 Å². The van der Waals surface area contributed by atoms with Gasteiger partial charge in [0.15, 0.2) is 0 Å². The molecular formula is C24H30N2O2. The molecule has 0 spiro atoms. The average molecular weight is 379 g/mol. The number of aryl methyl sites for hydroxylation is 1. The zero-order valence-corrected chi connectivity index (χ0v) is 16.4. The third kappa shape index (κ3) is 4.62. The van der Waals surface area contributed by atoms with Crippen molar-refractivity contribution in [1.29, 1.82) is 0 Å². The van der Waals surface area contributed by atoms with E-state index in [4.69, 9.17) is 0 Å². The van der Waals surface area contributed by atoms with E-state index in [0.717, 1.165) is 49.3 Å². The molecule has 0 aromatic heterocycles. The molecule has 0 saturated carbocycles. The molecule has 1 amide bonds. The number of likely N-dealkylation sites (tertiary alicyclic amines) is 1. The summed E-state index contributed by atoms with van der Waals surface area (Å²) in [5.41, 5.74) is 4.26. The van der Waals surface area contributed by atoms with Crippen LogP contribution >= 0.6 is 0 Å². The van der Waals surface area contributed by atoms with Crippen molar-refractivity contribution in [2.75, 3.05) is 25.0 Å². The van der Waals surface area contributed by atoms with Crippen molar-refractivity contribution in [2.24, 2.45) is 5.92 Å². The Labute approximate surface area is 167 Å². The van der Waals surface area contributed by atoms with Crippen LogP contribution in [0.1, 0.15) is 48.5 Å². The summed E-state index contributed by atoms with van der Waals surface area (Å²) in [6.07, 6.45) is 5.10. The Morgan fingerprint density at radius 3 is 2.82 bits per heavy atom. The lowest BCUT2D eigenvalue weighted by molar-refractivity contribution is -0.116. The largest absolute Gasteiger partial charge is 0.388 e. The van der Waals surface area contributed by atoms with Gasteiger partial charge in [0.25, 0.3) is 0 Å². The van der Waals surface area contributed by atoms with Gasteiger partial charge in [0.1, 0.15) is 0 Å². The van der Waals surface area contributed by atoms with Crippen molar-refractivity contribution in [2.45, 2.75) is 44.6 Å². The number of amides is 1. The molecule has 2 atom stereocenters. The zero-order chi connectivity index (χ0) is 19.3. The summed E-state index contributed by atoms with van der Waals surface area (Å²) in [6.45, 7) is 3.11. The van der Waals surface area contributed by atoms with Gasteiger partial charge in [-0.05, 0) is 55.7 Å². The zero-order valence-electron chi connectivity index (χ0n) is 16.4. The SMILES string of the molecule is O=C1CCc2cccc(C(O)CCN3CCC[C@@H](Cc4ccccc4)C3)c2N1. The number of benzene rings is 2. The molecule has 4 rings (SSSR count). The highest BCUT2D eigenvalue weighted by Crippen LogP contribution is 2.32. The molecule has 4 nitrogen and oxygen atoms in total. The number of carbonyl (C=O) groups is 1. The minimum atomic E-state index is -0.539. The molecule has 2 aliphatic rings. The van der Waals surface area contributed by atoms with Crippen LogP contribution in [0.3, 0.4) is 0 Å². The lowest BCUT2D eigenvalue weighted by Gasteiger charge is -2.33. The van der Waals surface area contributed by atoms with E-state index in [1.54, 1.807) is 0 Å². The molecule has 4 heteroatoms. The number of aliphatic hydroxyl groups is 1. The number of hydrogen-bond donors (Lipinski definition) is 2. The van der Waals surface area contributed by atoms with Gasteiger partial charge in [-0.2, -0.15) is 0 Å². The first-order valence-electron chi connectivity index (χ1n) is 10.5. The predicted molar refractivity (Wildman–Crippen MR) is 112 cm³/mol. The number of fused-ring (bicyclic) bond motifs is 1. The fourth-order valence-electron chi connectivity index (χ4n) is 4.64. The molecule has 2 aromatic rings. The lowest BCUT2D eigenvalue weighted by atomic mass is 9.91. The van der Waals surface area contributed by atoms with Gasteiger partial charge < -0.3 is 15.3 Å². The van der Waals surface area contributed by atoms with Crippen LogP contribution in [0.4, 0.5) is 5.69 Å². The van der Waals surface area contributed by atoms with E-state index in [1.807, 2.05) is 18.2 Å². The summed E-state index contributed by atoms with van der Waals surface area (Å²) < 4.78 is 0. The van der Waals surface area contributed by atoms with Gasteiger partial charge in [-0.15, -0.1) is 0 Å². The number of hydrogen-bond acceptors (Lipinski definition) is 3. The molecule has 1 fully saturated rings. The van der Waals surface area contributed by atoms with Crippen LogP contribution in [-0.2, 0) is 17.6 Å². The Bertz CT molecular complexity index is 806. The fraction of sp³-hybridized carbons (Fsp3) is 0.458. The second-order valence-corrected chi connectivity index (χ2v) is 8.23. The second kappa shape index (κ2) is 8.89. The van der Waals surface area contributed by atoms with Crippen molar-refractivity contribution in [3.63, 3.8) is 0 Å². The first-order chi connectivity index (χ1) is 13.7. The lowest BCUT2D eigenvalue weighted by Crippen LogP contribution is -2.37. The number of anilines is 1. The summed E-state index contributed by atoms with van der Waals surface area (Å²) in [5, 5.41) is 13.8. The van der Waals surface area contributed by atoms with E-state index in [1.165, 1.54) is 18.4 Å². The highest BCUT2D eigenvalue weighted by molar-refractivity contribution is 5.94. The maximum atomic E-state index is 11.8. The Balaban J connectivity index is 1.33. The Morgan fingerprint density at radius 1 is 1.11 bits per heavy atom. The topological polar surface area (TPSA) is 52.6 Å². The van der Waals surface area contributed by atoms with Crippen LogP contribution in [0.25, 0.3) is 0 Å². The number of piperidine rings is 1. The molecule has 28 heavy (non-hydrogen) atoms. The summed E-state index contributed by atoms with van der Waals surface area (Å²) in [4.78, 5) is 14.3. The molecule has 2 aromatic carbocycles. The third-order valence-corrected chi connectivity index (χ3v) is 6.12. The number of aliphatic hydroxyl groups excluding tert-OH is 1. The van der Waals surface area contributed by atoms with Crippen molar-refractivity contribution in [3.05, 3.63) is 65.2 Å². The van der Waals surface area contributed by atoms with E-state index < -0.39 is 6.10 Å². The first kappa shape index (κ1) is 19.2. The monoisotopic (exact) mass is 378 g/mol. The number of nitrogens with zero attached hydrogens (tertiary/aromatic N) is 1. The van der Waals surface area contributed by atoms with Crippen LogP contribution < -0.4 is 5.32 Å². The van der Waals surface area contributed by atoms with Gasteiger partial charge in [0.05, 0.1) is 6.10 Å². The quantitative estimate of drug-likeness (QED) is 0.800. The maximum Gasteiger partial charge on any atom is 0.224 e. The van der Waals surface area contributed by atoms with E-state index in [2.05, 4.69) is 40.5 Å². The average Bonchev–Trinajstić information content (AvgIpc) is 2.72. The van der Waals surface area contributed by atoms with E-state index in [0.29, 0.717) is 18.8 Å². The minimum absolute atomic E-state index is 0.0481. The molecule has 0 bridgehead atoms. The Kier molecular flexibility index (Phi) is 6.08. The van der Waals surface area contributed by atoms with Crippen LogP contribution in [0.15, 0.2) is 48.5 Å². The molecule has 148 valence electrons. The number of rotatable bonds is 6. The van der Waals surface area contributed by atoms with Crippen molar-refractivity contribution in [1.82, 2.24) is 4.90 Å². The molecule has 2 heterocycles. The molecule has 1 unspecified atom stereocenters. The van der Waals surface area contributed by atoms with Crippen molar-refractivity contribution in [3.8, 4) is 0 Å². The number of para-hydroxylation sites is 1. The maximum absolute atomic E-state index is 11.8. The van der Waals surface area contributed by atoms with Crippen LogP contribution in [-0.4, -0.2) is 35.5 Å². The van der Waals surface area contributed by atoms with E-state index >= 15 is 0 Å². The molecule has 2 N–H and O–H groups in total. The van der Waals surface area contributed by atoms with E-state index in [-0.39, 0.29) is 5.91 Å². The second-order valence-electron chi connectivity index (χ2n) is 8.23. The minimum Gasteiger partial charge on any atom is -0.388 e. The van der Waals surface area contributed by atoms with Crippen molar-refractivity contribution >= 4 is 11.6 Å². The highest BCUT2D eigenvalue weighted by Gasteiger charge is 2.24. The Hall–Kier alpha value is -2.17. The summed E-state index contributed by atoms with van der Waals surface area (Å²) in [7, 11) is 0. The van der Waals surface area contributed by atoms with Gasteiger partial charge >= 0.3 is 0 Å². The summed E-state index contributed by atoms with van der Waals surface area (Å²) >= 11 is 0. The van der Waals surface area contributed by atoms with Crippen LogP contribution in [0, 0.1) is 5.92 Å². The molecule has 1 saturated heterocycles. The van der Waals surface area contributed by atoms with Crippen molar-refractivity contribution < 1.29 is 9.90 Å².